The number of carbonyl (C=O) groups excluding carboxylic acids is 1. The summed E-state index contributed by atoms with van der Waals surface area (Å²) in [6.07, 6.45) is 0.848. The number of carbonyl (C=O) groups is 1. The molecule has 2 aromatic carbocycles. The van der Waals surface area contributed by atoms with Crippen molar-refractivity contribution in [3.8, 4) is 5.75 Å². The molecule has 0 aliphatic carbocycles. The summed E-state index contributed by atoms with van der Waals surface area (Å²) < 4.78 is 38.0. The van der Waals surface area contributed by atoms with Crippen LogP contribution in [0, 0.1) is 13.8 Å². The van der Waals surface area contributed by atoms with E-state index in [1.807, 2.05) is 6.92 Å². The van der Waals surface area contributed by atoms with Crippen molar-refractivity contribution in [2.75, 3.05) is 22.4 Å². The normalized spacial score (nSPS) is 11.2. The fraction of sp³-hybridized carbons (Fsp3) is 0.238. The zero-order valence-electron chi connectivity index (χ0n) is 17.4. The summed E-state index contributed by atoms with van der Waals surface area (Å²) in [4.78, 5) is 12.5. The minimum Gasteiger partial charge on any atom is -0.491 e. The number of hydrogen-bond donors (Lipinski definition) is 3. The Morgan fingerprint density at radius 3 is 2.45 bits per heavy atom. The van der Waals surface area contributed by atoms with Gasteiger partial charge >= 0.3 is 0 Å². The molecule has 0 unspecified atom stereocenters. The lowest BCUT2D eigenvalue weighted by Crippen LogP contribution is -2.14. The number of aromatic nitrogens is 1. The minimum atomic E-state index is -3.86. The Bertz CT molecular complexity index is 1190. The largest absolute Gasteiger partial charge is 0.491 e. The van der Waals surface area contributed by atoms with E-state index in [-0.39, 0.29) is 16.7 Å². The van der Waals surface area contributed by atoms with Crippen LogP contribution in [0.15, 0.2) is 51.9 Å². The van der Waals surface area contributed by atoms with Crippen LogP contribution in [0.1, 0.15) is 35.0 Å². The van der Waals surface area contributed by atoms with Crippen LogP contribution in [0.5, 0.6) is 5.75 Å². The lowest BCUT2D eigenvalue weighted by molar-refractivity contribution is 0.102. The van der Waals surface area contributed by atoms with E-state index in [1.165, 1.54) is 30.3 Å². The average molecular weight is 445 g/mol. The number of hydrogen-bond acceptors (Lipinski definition) is 7. The Labute approximate surface area is 180 Å². The van der Waals surface area contributed by atoms with Crippen LogP contribution in [0.25, 0.3) is 0 Å². The van der Waals surface area contributed by atoms with Crippen molar-refractivity contribution in [3.63, 3.8) is 0 Å². The van der Waals surface area contributed by atoms with Gasteiger partial charge in [0.2, 0.25) is 5.88 Å². The number of nitrogens with one attached hydrogen (secondary N) is 2. The molecule has 4 N–H and O–H groups in total. The van der Waals surface area contributed by atoms with Gasteiger partial charge in [-0.1, -0.05) is 12.1 Å². The molecule has 164 valence electrons. The van der Waals surface area contributed by atoms with Crippen LogP contribution in [-0.4, -0.2) is 26.1 Å². The van der Waals surface area contributed by atoms with Crippen molar-refractivity contribution >= 4 is 33.2 Å². The maximum atomic E-state index is 12.6. The molecule has 0 bridgehead atoms. The Hall–Kier alpha value is -3.53. The third-order valence-corrected chi connectivity index (χ3v) is 5.89. The molecule has 1 amide bonds. The van der Waals surface area contributed by atoms with E-state index in [2.05, 4.69) is 15.2 Å². The van der Waals surface area contributed by atoms with Crippen molar-refractivity contribution in [3.05, 3.63) is 59.3 Å². The SMILES string of the molecule is CCCOc1ccc(C(=O)Nc2ccc(S(=O)(=O)Nc3onc(C)c3C)cc2)cc1N. The summed E-state index contributed by atoms with van der Waals surface area (Å²) in [5.74, 6) is 0.215. The topological polar surface area (TPSA) is 137 Å². The molecule has 0 spiro atoms. The Morgan fingerprint density at radius 1 is 1.16 bits per heavy atom. The van der Waals surface area contributed by atoms with Gasteiger partial charge in [0.05, 0.1) is 22.9 Å². The summed E-state index contributed by atoms with van der Waals surface area (Å²) >= 11 is 0. The molecule has 3 aromatic rings. The second-order valence-electron chi connectivity index (χ2n) is 6.91. The first-order valence-corrected chi connectivity index (χ1v) is 11.1. The van der Waals surface area contributed by atoms with Crippen LogP contribution < -0.4 is 20.5 Å². The van der Waals surface area contributed by atoms with Gasteiger partial charge in [-0.3, -0.25) is 4.79 Å². The second-order valence-corrected chi connectivity index (χ2v) is 8.59. The van der Waals surface area contributed by atoms with E-state index in [4.69, 9.17) is 15.0 Å². The molecule has 0 aliphatic heterocycles. The lowest BCUT2D eigenvalue weighted by atomic mass is 10.1. The number of nitrogen functional groups attached to an aromatic ring is 1. The van der Waals surface area contributed by atoms with E-state index < -0.39 is 10.0 Å². The van der Waals surface area contributed by atoms with Gasteiger partial charge < -0.3 is 20.3 Å². The number of ether oxygens (including phenoxy) is 1. The summed E-state index contributed by atoms with van der Waals surface area (Å²) in [5, 5.41) is 6.44. The highest BCUT2D eigenvalue weighted by atomic mass is 32.2. The van der Waals surface area contributed by atoms with Gasteiger partial charge in [-0.2, -0.15) is 0 Å². The molecule has 10 heteroatoms. The molecule has 0 fully saturated rings. The van der Waals surface area contributed by atoms with Crippen molar-refractivity contribution in [1.82, 2.24) is 5.16 Å². The van der Waals surface area contributed by atoms with Crippen molar-refractivity contribution in [2.24, 2.45) is 0 Å². The van der Waals surface area contributed by atoms with Crippen LogP contribution in [0.2, 0.25) is 0 Å². The summed E-state index contributed by atoms with van der Waals surface area (Å²) in [6, 6.07) is 10.5. The van der Waals surface area contributed by atoms with E-state index in [1.54, 1.807) is 26.0 Å². The molecule has 0 atom stereocenters. The highest BCUT2D eigenvalue weighted by Gasteiger charge is 2.19. The van der Waals surface area contributed by atoms with Gasteiger partial charge in [-0.25, -0.2) is 13.1 Å². The van der Waals surface area contributed by atoms with E-state index in [0.29, 0.717) is 40.6 Å². The molecular weight excluding hydrogens is 420 g/mol. The van der Waals surface area contributed by atoms with Gasteiger partial charge in [0, 0.05) is 16.8 Å². The van der Waals surface area contributed by atoms with E-state index >= 15 is 0 Å². The number of anilines is 3. The van der Waals surface area contributed by atoms with Gasteiger partial charge in [-0.15, -0.1) is 0 Å². The molecule has 0 saturated carbocycles. The molecule has 3 rings (SSSR count). The fourth-order valence-corrected chi connectivity index (χ4v) is 3.69. The van der Waals surface area contributed by atoms with Crippen LogP contribution in [-0.2, 0) is 10.0 Å². The maximum Gasteiger partial charge on any atom is 0.264 e. The van der Waals surface area contributed by atoms with E-state index in [0.717, 1.165) is 6.42 Å². The maximum absolute atomic E-state index is 12.6. The van der Waals surface area contributed by atoms with Crippen molar-refractivity contribution in [2.45, 2.75) is 32.1 Å². The smallest absolute Gasteiger partial charge is 0.264 e. The average Bonchev–Trinajstić information content (AvgIpc) is 3.05. The number of rotatable bonds is 8. The second kappa shape index (κ2) is 9.09. The van der Waals surface area contributed by atoms with Gasteiger partial charge in [0.1, 0.15) is 5.75 Å². The molecule has 0 saturated heterocycles. The predicted molar refractivity (Wildman–Crippen MR) is 118 cm³/mol. The van der Waals surface area contributed by atoms with Gasteiger partial charge in [-0.05, 0) is 62.7 Å². The van der Waals surface area contributed by atoms with Crippen LogP contribution >= 0.6 is 0 Å². The highest BCUT2D eigenvalue weighted by molar-refractivity contribution is 7.92. The predicted octanol–water partition coefficient (Wildman–Crippen LogP) is 3.72. The molecule has 1 aromatic heterocycles. The number of benzene rings is 2. The van der Waals surface area contributed by atoms with Gasteiger partial charge in [0.25, 0.3) is 15.9 Å². The number of amides is 1. The Kier molecular flexibility index (Phi) is 6.50. The molecule has 0 aliphatic rings. The zero-order valence-corrected chi connectivity index (χ0v) is 18.2. The molecule has 9 nitrogen and oxygen atoms in total. The third kappa shape index (κ3) is 5.15. The third-order valence-electron chi connectivity index (χ3n) is 4.54. The number of sulfonamides is 1. The Balaban J connectivity index is 1.69. The quantitative estimate of drug-likeness (QED) is 0.450. The zero-order chi connectivity index (χ0) is 22.6. The fourth-order valence-electron chi connectivity index (χ4n) is 2.65. The van der Waals surface area contributed by atoms with E-state index in [9.17, 15) is 13.2 Å². The van der Waals surface area contributed by atoms with Crippen LogP contribution in [0.4, 0.5) is 17.3 Å². The summed E-state index contributed by atoms with van der Waals surface area (Å²) in [6.45, 7) is 5.95. The first-order valence-electron chi connectivity index (χ1n) is 9.60. The molecular formula is C21H24N4O5S. The minimum absolute atomic E-state index is 0.0145. The van der Waals surface area contributed by atoms with Gasteiger partial charge in [0.15, 0.2) is 0 Å². The summed E-state index contributed by atoms with van der Waals surface area (Å²) in [7, 11) is -3.86. The monoisotopic (exact) mass is 444 g/mol. The molecule has 0 radical (unpaired) electrons. The number of nitrogens with two attached hydrogens (primary N) is 1. The van der Waals surface area contributed by atoms with Crippen molar-refractivity contribution < 1.29 is 22.5 Å². The molecule has 31 heavy (non-hydrogen) atoms. The first-order chi connectivity index (χ1) is 14.7. The molecule has 1 heterocycles. The number of aryl methyl sites for hydroxylation is 1. The highest BCUT2D eigenvalue weighted by Crippen LogP contribution is 2.25. The summed E-state index contributed by atoms with van der Waals surface area (Å²) in [5.41, 5.74) is 8.31. The van der Waals surface area contributed by atoms with Crippen molar-refractivity contribution in [1.29, 1.82) is 0 Å². The standard InChI is InChI=1S/C21H24N4O5S/c1-4-11-29-19-10-5-15(12-18(19)22)20(26)23-16-6-8-17(9-7-16)31(27,28)25-21-13(2)14(3)24-30-21/h5-10,12,25H,4,11,22H2,1-3H3,(H,23,26). The number of nitrogens with zero attached hydrogens (tertiary/aromatic N) is 1. The lowest BCUT2D eigenvalue weighted by Gasteiger charge is -2.11. The Morgan fingerprint density at radius 2 is 1.87 bits per heavy atom. The van der Waals surface area contributed by atoms with Crippen LogP contribution in [0.3, 0.4) is 0 Å². The first kappa shape index (κ1) is 22.2.